The molecule has 1 heterocycles. The lowest BCUT2D eigenvalue weighted by molar-refractivity contribution is -0.139. The maximum Gasteiger partial charge on any atom is 0.321 e. The van der Waals surface area contributed by atoms with Crippen LogP contribution in [0.15, 0.2) is 0 Å². The van der Waals surface area contributed by atoms with Gasteiger partial charge in [-0.25, -0.2) is 0 Å². The van der Waals surface area contributed by atoms with Gasteiger partial charge in [0.25, 0.3) is 0 Å². The third kappa shape index (κ3) is 0.745. The third-order valence-corrected chi connectivity index (χ3v) is 3.32. The fourth-order valence-electron chi connectivity index (χ4n) is 2.46. The average molecular weight is 155 g/mol. The van der Waals surface area contributed by atoms with Crippen LogP contribution in [0.25, 0.3) is 0 Å². The Hall–Kier alpha value is -0.570. The number of hydrogen-bond acceptors (Lipinski definition) is 2. The molecule has 3 nitrogen and oxygen atoms in total. The molecule has 2 fully saturated rings. The molecule has 2 N–H and O–H groups in total. The van der Waals surface area contributed by atoms with E-state index in [9.17, 15) is 4.79 Å². The number of piperidine rings is 1. The molecule has 11 heavy (non-hydrogen) atoms. The Morgan fingerprint density at radius 3 is 2.55 bits per heavy atom. The van der Waals surface area contributed by atoms with Crippen LogP contribution in [-0.2, 0) is 4.79 Å². The maximum absolute atomic E-state index is 10.7. The minimum atomic E-state index is -0.692. The highest BCUT2D eigenvalue weighted by Crippen LogP contribution is 2.62. The van der Waals surface area contributed by atoms with Crippen molar-refractivity contribution in [1.29, 1.82) is 0 Å². The van der Waals surface area contributed by atoms with Crippen molar-refractivity contribution in [3.05, 3.63) is 0 Å². The lowest BCUT2D eigenvalue weighted by Gasteiger charge is -2.14. The summed E-state index contributed by atoms with van der Waals surface area (Å²) in [6.07, 6.45) is 0. The van der Waals surface area contributed by atoms with Gasteiger partial charge < -0.3 is 10.4 Å². The summed E-state index contributed by atoms with van der Waals surface area (Å²) in [6, 6.07) is -0.282. The van der Waals surface area contributed by atoms with Gasteiger partial charge in [0.05, 0.1) is 0 Å². The first-order valence-electron chi connectivity index (χ1n) is 4.01. The van der Waals surface area contributed by atoms with E-state index < -0.39 is 5.97 Å². The van der Waals surface area contributed by atoms with Gasteiger partial charge in [0, 0.05) is 0 Å². The predicted molar refractivity (Wildman–Crippen MR) is 40.2 cm³/mol. The molecule has 0 aromatic carbocycles. The first-order chi connectivity index (χ1) is 5.05. The number of carbonyl (C=O) groups is 1. The van der Waals surface area contributed by atoms with Gasteiger partial charge in [-0.2, -0.15) is 0 Å². The highest BCUT2D eigenvalue weighted by Gasteiger charge is 2.65. The van der Waals surface area contributed by atoms with Crippen LogP contribution in [0.1, 0.15) is 13.8 Å². The molecule has 3 atom stereocenters. The minimum Gasteiger partial charge on any atom is -0.480 e. The fraction of sp³-hybridized carbons (Fsp3) is 0.875. The van der Waals surface area contributed by atoms with Crippen LogP contribution < -0.4 is 5.32 Å². The predicted octanol–water partition coefficient (Wildman–Crippen LogP) is 0.315. The van der Waals surface area contributed by atoms with Crippen molar-refractivity contribution in [2.24, 2.45) is 17.3 Å². The molecule has 2 aliphatic rings. The van der Waals surface area contributed by atoms with Crippen molar-refractivity contribution >= 4 is 5.97 Å². The average Bonchev–Trinajstić information content (AvgIpc) is 2.34. The van der Waals surface area contributed by atoms with Crippen molar-refractivity contribution in [2.45, 2.75) is 19.9 Å². The Labute approximate surface area is 65.8 Å². The molecule has 1 saturated heterocycles. The molecule has 1 aliphatic carbocycles. The van der Waals surface area contributed by atoms with E-state index in [0.29, 0.717) is 11.8 Å². The van der Waals surface area contributed by atoms with Crippen LogP contribution in [0, 0.1) is 17.3 Å². The monoisotopic (exact) mass is 155 g/mol. The lowest BCUT2D eigenvalue weighted by atomic mass is 10.0. The third-order valence-electron chi connectivity index (χ3n) is 3.32. The number of carboxylic acids is 1. The van der Waals surface area contributed by atoms with Crippen LogP contribution in [-0.4, -0.2) is 23.7 Å². The summed E-state index contributed by atoms with van der Waals surface area (Å²) in [5.74, 6) is 0.284. The molecule has 0 amide bonds. The summed E-state index contributed by atoms with van der Waals surface area (Å²) < 4.78 is 0. The van der Waals surface area contributed by atoms with E-state index in [1.165, 1.54) is 0 Å². The quantitative estimate of drug-likeness (QED) is 0.573. The minimum absolute atomic E-state index is 0.272. The van der Waals surface area contributed by atoms with Crippen LogP contribution in [0.5, 0.6) is 0 Å². The summed E-state index contributed by atoms with van der Waals surface area (Å²) >= 11 is 0. The Balaban J connectivity index is 2.13. The number of rotatable bonds is 1. The SMILES string of the molecule is CC1(C)C2CN[C@H](C(=O)O)C21. The molecule has 2 unspecified atom stereocenters. The topological polar surface area (TPSA) is 49.3 Å². The van der Waals surface area contributed by atoms with Gasteiger partial charge >= 0.3 is 5.97 Å². The normalized spacial score (nSPS) is 45.1. The van der Waals surface area contributed by atoms with E-state index in [-0.39, 0.29) is 11.5 Å². The van der Waals surface area contributed by atoms with Gasteiger partial charge in [-0.05, 0) is 23.8 Å². The zero-order chi connectivity index (χ0) is 8.22. The second kappa shape index (κ2) is 1.78. The molecule has 0 spiro atoms. The fourth-order valence-corrected chi connectivity index (χ4v) is 2.46. The Bertz CT molecular complexity index is 212. The molecule has 2 rings (SSSR count). The molecular weight excluding hydrogens is 142 g/mol. The van der Waals surface area contributed by atoms with Gasteiger partial charge in [0.1, 0.15) is 6.04 Å². The summed E-state index contributed by atoms with van der Waals surface area (Å²) in [5.41, 5.74) is 0.272. The summed E-state index contributed by atoms with van der Waals surface area (Å²) in [5, 5.41) is 11.8. The number of fused-ring (bicyclic) bond motifs is 1. The van der Waals surface area contributed by atoms with E-state index in [4.69, 9.17) is 5.11 Å². The second-order valence-electron chi connectivity index (χ2n) is 4.18. The summed E-state index contributed by atoms with van der Waals surface area (Å²) in [7, 11) is 0. The van der Waals surface area contributed by atoms with Crippen molar-refractivity contribution in [3.8, 4) is 0 Å². The van der Waals surface area contributed by atoms with E-state index >= 15 is 0 Å². The zero-order valence-corrected chi connectivity index (χ0v) is 6.79. The van der Waals surface area contributed by atoms with Crippen LogP contribution in [0.3, 0.4) is 0 Å². The summed E-state index contributed by atoms with van der Waals surface area (Å²) in [4.78, 5) is 10.7. The Kier molecular flexibility index (Phi) is 1.15. The van der Waals surface area contributed by atoms with Crippen molar-refractivity contribution in [3.63, 3.8) is 0 Å². The van der Waals surface area contributed by atoms with Crippen LogP contribution in [0.4, 0.5) is 0 Å². The van der Waals surface area contributed by atoms with E-state index in [0.717, 1.165) is 6.54 Å². The van der Waals surface area contributed by atoms with Crippen molar-refractivity contribution in [2.75, 3.05) is 6.54 Å². The van der Waals surface area contributed by atoms with Crippen molar-refractivity contribution < 1.29 is 9.90 Å². The van der Waals surface area contributed by atoms with Gasteiger partial charge in [0.2, 0.25) is 0 Å². The Morgan fingerprint density at radius 2 is 2.27 bits per heavy atom. The largest absolute Gasteiger partial charge is 0.480 e. The van der Waals surface area contributed by atoms with E-state index in [1.807, 2.05) is 0 Å². The van der Waals surface area contributed by atoms with Gasteiger partial charge in [0.15, 0.2) is 0 Å². The molecule has 1 aliphatic heterocycles. The maximum atomic E-state index is 10.7. The lowest BCUT2D eigenvalue weighted by Crippen LogP contribution is -2.37. The Morgan fingerprint density at radius 1 is 1.64 bits per heavy atom. The summed E-state index contributed by atoms with van der Waals surface area (Å²) in [6.45, 7) is 5.19. The number of carboxylic acid groups (broad SMARTS) is 1. The van der Waals surface area contributed by atoms with Gasteiger partial charge in [-0.3, -0.25) is 4.79 Å². The molecule has 3 heteroatoms. The standard InChI is InChI=1S/C8H13NO2/c1-8(2)4-3-9-6(5(4)8)7(10)11/h4-6,9H,3H2,1-2H3,(H,10,11)/t4?,5?,6-/m0/s1. The molecule has 0 bridgehead atoms. The van der Waals surface area contributed by atoms with Crippen LogP contribution >= 0.6 is 0 Å². The molecular formula is C8H13NO2. The van der Waals surface area contributed by atoms with Crippen molar-refractivity contribution in [1.82, 2.24) is 5.32 Å². The first kappa shape index (κ1) is 7.10. The molecule has 0 aromatic heterocycles. The first-order valence-corrected chi connectivity index (χ1v) is 4.01. The van der Waals surface area contributed by atoms with E-state index in [2.05, 4.69) is 19.2 Å². The number of aliphatic carboxylic acids is 1. The zero-order valence-electron chi connectivity index (χ0n) is 6.79. The second-order valence-corrected chi connectivity index (χ2v) is 4.18. The number of nitrogens with one attached hydrogen (secondary N) is 1. The smallest absolute Gasteiger partial charge is 0.321 e. The van der Waals surface area contributed by atoms with E-state index in [1.54, 1.807) is 0 Å². The molecule has 0 radical (unpaired) electrons. The van der Waals surface area contributed by atoms with Gasteiger partial charge in [-0.1, -0.05) is 13.8 Å². The molecule has 62 valence electrons. The molecule has 1 saturated carbocycles. The number of hydrogen-bond donors (Lipinski definition) is 2. The highest BCUT2D eigenvalue weighted by molar-refractivity contribution is 5.75. The van der Waals surface area contributed by atoms with Crippen LogP contribution in [0.2, 0.25) is 0 Å². The molecule has 0 aromatic rings. The van der Waals surface area contributed by atoms with Gasteiger partial charge in [-0.15, -0.1) is 0 Å². The highest BCUT2D eigenvalue weighted by atomic mass is 16.4.